The lowest BCUT2D eigenvalue weighted by molar-refractivity contribution is 0.0339. The third kappa shape index (κ3) is 5.44. The molecule has 4 rings (SSSR count). The molecule has 0 saturated carbocycles. The van der Waals surface area contributed by atoms with Crippen molar-refractivity contribution in [1.29, 1.82) is 5.26 Å². The van der Waals surface area contributed by atoms with Crippen molar-refractivity contribution in [1.82, 2.24) is 14.9 Å². The van der Waals surface area contributed by atoms with Crippen molar-refractivity contribution in [3.8, 4) is 23.1 Å². The summed E-state index contributed by atoms with van der Waals surface area (Å²) in [6, 6.07) is 16.8. The lowest BCUT2D eigenvalue weighted by Gasteiger charge is -2.27. The molecule has 1 fully saturated rings. The quantitative estimate of drug-likeness (QED) is 0.425. The molecule has 0 aliphatic carbocycles. The van der Waals surface area contributed by atoms with E-state index in [1.165, 1.54) is 0 Å². The Morgan fingerprint density at radius 3 is 2.79 bits per heavy atom. The molecular weight excluding hydrogens is 420 g/mol. The highest BCUT2D eigenvalue weighted by Crippen LogP contribution is 2.22. The van der Waals surface area contributed by atoms with Crippen LogP contribution in [0.25, 0.3) is 11.3 Å². The second-order valence-electron chi connectivity index (χ2n) is 7.45. The molecule has 168 valence electrons. The van der Waals surface area contributed by atoms with E-state index in [0.29, 0.717) is 11.3 Å². The van der Waals surface area contributed by atoms with E-state index in [-0.39, 0.29) is 11.5 Å². The highest BCUT2D eigenvalue weighted by Gasteiger charge is 2.14. The van der Waals surface area contributed by atoms with E-state index in [1.807, 2.05) is 42.5 Å². The van der Waals surface area contributed by atoms with E-state index in [9.17, 15) is 10.1 Å². The fourth-order valence-electron chi connectivity index (χ4n) is 3.61. The highest BCUT2D eigenvalue weighted by atomic mass is 16.5. The molecule has 9 nitrogen and oxygen atoms in total. The molecule has 0 spiro atoms. The maximum atomic E-state index is 12.4. The number of H-pyrrole nitrogens is 1. The highest BCUT2D eigenvalue weighted by molar-refractivity contribution is 5.81. The summed E-state index contributed by atoms with van der Waals surface area (Å²) in [5.41, 5.74) is 5.09. The van der Waals surface area contributed by atoms with Gasteiger partial charge in [0.25, 0.3) is 5.56 Å². The van der Waals surface area contributed by atoms with Gasteiger partial charge in [-0.25, -0.2) is 10.4 Å². The van der Waals surface area contributed by atoms with Crippen molar-refractivity contribution in [3.05, 3.63) is 75.6 Å². The number of methoxy groups -OCH3 is 1. The predicted octanol–water partition coefficient (Wildman–Crippen LogP) is 2.60. The molecule has 0 bridgehead atoms. The van der Waals surface area contributed by atoms with Gasteiger partial charge in [0.05, 0.1) is 32.2 Å². The first-order valence-electron chi connectivity index (χ1n) is 10.5. The zero-order valence-corrected chi connectivity index (χ0v) is 18.2. The third-order valence-electron chi connectivity index (χ3n) is 5.26. The SMILES string of the molecule is COc1ccc(C=NNc2nc(-c3ccccc3)c(C#N)c(=O)[nH]2)cc1CN1CCOCC1. The fourth-order valence-corrected chi connectivity index (χ4v) is 3.61. The number of morpholine rings is 1. The minimum atomic E-state index is -0.527. The summed E-state index contributed by atoms with van der Waals surface area (Å²) < 4.78 is 10.9. The molecule has 9 heteroatoms. The van der Waals surface area contributed by atoms with E-state index in [4.69, 9.17) is 9.47 Å². The number of ether oxygens (including phenoxy) is 2. The van der Waals surface area contributed by atoms with Crippen LogP contribution in [0.2, 0.25) is 0 Å². The Morgan fingerprint density at radius 1 is 1.27 bits per heavy atom. The Morgan fingerprint density at radius 2 is 2.06 bits per heavy atom. The lowest BCUT2D eigenvalue weighted by atomic mass is 10.1. The number of hydrogen-bond donors (Lipinski definition) is 2. The van der Waals surface area contributed by atoms with Gasteiger partial charge >= 0.3 is 0 Å². The molecule has 2 N–H and O–H groups in total. The molecule has 1 saturated heterocycles. The third-order valence-corrected chi connectivity index (χ3v) is 5.26. The Balaban J connectivity index is 1.53. The number of nitrogens with one attached hydrogen (secondary N) is 2. The Kier molecular flexibility index (Phi) is 7.09. The molecule has 0 unspecified atom stereocenters. The van der Waals surface area contributed by atoms with Crippen LogP contribution in [-0.2, 0) is 11.3 Å². The molecule has 1 aromatic heterocycles. The first-order valence-corrected chi connectivity index (χ1v) is 10.5. The number of benzene rings is 2. The van der Waals surface area contributed by atoms with Crippen LogP contribution in [0.15, 0.2) is 58.4 Å². The summed E-state index contributed by atoms with van der Waals surface area (Å²) in [6.07, 6.45) is 1.64. The topological polar surface area (TPSA) is 116 Å². The Bertz CT molecular complexity index is 1230. The monoisotopic (exact) mass is 444 g/mol. The van der Waals surface area contributed by atoms with E-state index >= 15 is 0 Å². The van der Waals surface area contributed by atoms with Gasteiger partial charge in [0.2, 0.25) is 5.95 Å². The van der Waals surface area contributed by atoms with Crippen LogP contribution in [0, 0.1) is 11.3 Å². The summed E-state index contributed by atoms with van der Waals surface area (Å²) in [4.78, 5) is 21.6. The fraction of sp³-hybridized carbons (Fsp3) is 0.250. The van der Waals surface area contributed by atoms with Crippen LogP contribution in [0.4, 0.5) is 5.95 Å². The minimum absolute atomic E-state index is 0.0429. The van der Waals surface area contributed by atoms with E-state index in [2.05, 4.69) is 25.4 Å². The van der Waals surface area contributed by atoms with Gasteiger partial charge in [-0.05, 0) is 23.8 Å². The van der Waals surface area contributed by atoms with Gasteiger partial charge in [-0.2, -0.15) is 10.4 Å². The number of nitrogens with zero attached hydrogens (tertiary/aromatic N) is 4. The Labute approximate surface area is 191 Å². The maximum Gasteiger partial charge on any atom is 0.270 e. The van der Waals surface area contributed by atoms with Crippen LogP contribution < -0.4 is 15.7 Å². The van der Waals surface area contributed by atoms with Crippen LogP contribution in [0.1, 0.15) is 16.7 Å². The maximum absolute atomic E-state index is 12.4. The van der Waals surface area contributed by atoms with Crippen molar-refractivity contribution < 1.29 is 9.47 Å². The summed E-state index contributed by atoms with van der Waals surface area (Å²) in [6.45, 7) is 3.98. The van der Waals surface area contributed by atoms with Crippen LogP contribution in [-0.4, -0.2) is 54.5 Å². The molecule has 0 amide bonds. The van der Waals surface area contributed by atoms with Crippen LogP contribution in [0.5, 0.6) is 5.75 Å². The first-order chi connectivity index (χ1) is 16.2. The van der Waals surface area contributed by atoms with Crippen LogP contribution >= 0.6 is 0 Å². The van der Waals surface area contributed by atoms with Crippen molar-refractivity contribution in [2.75, 3.05) is 38.8 Å². The molecule has 2 aromatic carbocycles. The second kappa shape index (κ2) is 10.5. The van der Waals surface area contributed by atoms with Crippen molar-refractivity contribution in [2.45, 2.75) is 6.54 Å². The molecule has 33 heavy (non-hydrogen) atoms. The number of aromatic nitrogens is 2. The summed E-state index contributed by atoms with van der Waals surface area (Å²) in [5.74, 6) is 0.966. The largest absolute Gasteiger partial charge is 0.496 e. The van der Waals surface area contributed by atoms with Gasteiger partial charge in [-0.15, -0.1) is 0 Å². The second-order valence-corrected chi connectivity index (χ2v) is 7.45. The lowest BCUT2D eigenvalue weighted by Crippen LogP contribution is -2.35. The van der Waals surface area contributed by atoms with Gasteiger partial charge in [0.1, 0.15) is 17.4 Å². The Hall–Kier alpha value is -4.00. The van der Waals surface area contributed by atoms with Gasteiger partial charge in [-0.3, -0.25) is 14.7 Å². The van der Waals surface area contributed by atoms with Crippen molar-refractivity contribution in [3.63, 3.8) is 0 Å². The number of hydrogen-bond acceptors (Lipinski definition) is 8. The van der Waals surface area contributed by atoms with Crippen molar-refractivity contribution >= 4 is 12.2 Å². The van der Waals surface area contributed by atoms with Crippen LogP contribution in [0.3, 0.4) is 0 Å². The number of hydrazone groups is 1. The summed E-state index contributed by atoms with van der Waals surface area (Å²) in [7, 11) is 1.66. The molecule has 1 aliphatic heterocycles. The molecular formula is C24H24N6O3. The molecule has 3 aromatic rings. The van der Waals surface area contributed by atoms with Gasteiger partial charge in [0, 0.05) is 30.8 Å². The predicted molar refractivity (Wildman–Crippen MR) is 125 cm³/mol. The molecule has 2 heterocycles. The number of rotatable bonds is 7. The summed E-state index contributed by atoms with van der Waals surface area (Å²) in [5, 5.41) is 13.6. The first kappa shape index (κ1) is 22.2. The number of anilines is 1. The number of aromatic amines is 1. The minimum Gasteiger partial charge on any atom is -0.496 e. The van der Waals surface area contributed by atoms with E-state index in [1.54, 1.807) is 25.5 Å². The van der Waals surface area contributed by atoms with E-state index < -0.39 is 5.56 Å². The normalized spacial score (nSPS) is 14.2. The zero-order chi connectivity index (χ0) is 23.0. The van der Waals surface area contributed by atoms with Crippen molar-refractivity contribution in [2.24, 2.45) is 5.10 Å². The smallest absolute Gasteiger partial charge is 0.270 e. The van der Waals surface area contributed by atoms with Gasteiger partial charge in [0.15, 0.2) is 0 Å². The average molecular weight is 444 g/mol. The molecule has 1 aliphatic rings. The van der Waals surface area contributed by atoms with Gasteiger partial charge in [-0.1, -0.05) is 30.3 Å². The standard InChI is InChI=1S/C24H24N6O3/c1-32-21-8-7-17(13-19(21)16-30-9-11-33-12-10-30)15-26-29-24-27-22(18-5-3-2-4-6-18)20(14-25)23(31)28-24/h2-8,13,15H,9-12,16H2,1H3,(H2,27,28,29,31). The van der Waals surface area contributed by atoms with E-state index in [0.717, 1.165) is 49.7 Å². The zero-order valence-electron chi connectivity index (χ0n) is 18.2. The van der Waals surface area contributed by atoms with Gasteiger partial charge < -0.3 is 9.47 Å². The average Bonchev–Trinajstić information content (AvgIpc) is 2.85. The molecule has 0 atom stereocenters. The molecule has 0 radical (unpaired) electrons. The summed E-state index contributed by atoms with van der Waals surface area (Å²) >= 11 is 0. The number of nitriles is 1.